The number of benzene rings is 1. The van der Waals surface area contributed by atoms with Gasteiger partial charge in [0.25, 0.3) is 5.91 Å². The van der Waals surface area contributed by atoms with Gasteiger partial charge in [-0.2, -0.15) is 0 Å². The molecule has 0 spiro atoms. The van der Waals surface area contributed by atoms with Crippen molar-refractivity contribution in [2.45, 2.75) is 59.9 Å². The second kappa shape index (κ2) is 13.2. The number of aliphatic imine (C=N–C) groups is 1. The molecule has 1 aromatic rings. The molecule has 5 nitrogen and oxygen atoms in total. The van der Waals surface area contributed by atoms with Crippen LogP contribution in [0.15, 0.2) is 29.3 Å². The highest BCUT2D eigenvalue weighted by Gasteiger charge is 2.11. The zero-order valence-electron chi connectivity index (χ0n) is 17.0. The topological polar surface area (TPSA) is 56.7 Å². The van der Waals surface area contributed by atoms with Crippen molar-refractivity contribution in [1.82, 2.24) is 15.5 Å². The van der Waals surface area contributed by atoms with Gasteiger partial charge >= 0.3 is 0 Å². The van der Waals surface area contributed by atoms with Gasteiger partial charge in [0.2, 0.25) is 0 Å². The van der Waals surface area contributed by atoms with Gasteiger partial charge in [-0.3, -0.25) is 4.79 Å². The highest BCUT2D eigenvalue weighted by atomic mass is 16.2. The van der Waals surface area contributed by atoms with Crippen molar-refractivity contribution in [2.24, 2.45) is 4.99 Å². The summed E-state index contributed by atoms with van der Waals surface area (Å²) < 4.78 is 0. The van der Waals surface area contributed by atoms with E-state index in [-0.39, 0.29) is 5.91 Å². The molecule has 0 bridgehead atoms. The fourth-order valence-corrected chi connectivity index (χ4v) is 2.72. The third-order valence-electron chi connectivity index (χ3n) is 4.34. The normalized spacial score (nSPS) is 11.3. The monoisotopic (exact) mass is 360 g/mol. The first-order valence-corrected chi connectivity index (χ1v) is 10.1. The summed E-state index contributed by atoms with van der Waals surface area (Å²) in [4.78, 5) is 18.8. The molecular formula is C21H36N4O. The van der Waals surface area contributed by atoms with Crippen molar-refractivity contribution in [3.05, 3.63) is 35.4 Å². The maximum atomic E-state index is 12.3. The van der Waals surface area contributed by atoms with E-state index in [2.05, 4.69) is 29.5 Å². The molecule has 0 fully saturated rings. The van der Waals surface area contributed by atoms with E-state index in [9.17, 15) is 4.79 Å². The first-order chi connectivity index (χ1) is 12.7. The van der Waals surface area contributed by atoms with Crippen molar-refractivity contribution in [1.29, 1.82) is 0 Å². The Morgan fingerprint density at radius 2 is 1.65 bits per heavy atom. The maximum Gasteiger partial charge on any atom is 0.253 e. The van der Waals surface area contributed by atoms with Crippen LogP contribution in [0.5, 0.6) is 0 Å². The number of amides is 1. The van der Waals surface area contributed by atoms with E-state index in [0.717, 1.165) is 43.3 Å². The van der Waals surface area contributed by atoms with Crippen LogP contribution in [0, 0.1) is 0 Å². The van der Waals surface area contributed by atoms with Gasteiger partial charge < -0.3 is 15.5 Å². The lowest BCUT2D eigenvalue weighted by Gasteiger charge is -2.18. The van der Waals surface area contributed by atoms with E-state index in [1.54, 1.807) is 0 Å². The fraction of sp³-hybridized carbons (Fsp3) is 0.619. The minimum Gasteiger partial charge on any atom is -0.357 e. The van der Waals surface area contributed by atoms with Crippen LogP contribution in [-0.4, -0.2) is 42.9 Å². The van der Waals surface area contributed by atoms with Crippen LogP contribution < -0.4 is 10.6 Å². The lowest BCUT2D eigenvalue weighted by atomic mass is 10.1. The molecule has 0 unspecified atom stereocenters. The standard InChI is InChI=1S/C21H36N4O/c1-5-9-10-11-16-23-21(22-6-2)24-17-18-12-14-19(15-13-18)20(26)25(7-3)8-4/h12-15H,5-11,16-17H2,1-4H3,(H2,22,23,24). The summed E-state index contributed by atoms with van der Waals surface area (Å²) in [6.45, 7) is 12.2. The Hall–Kier alpha value is -2.04. The average molecular weight is 361 g/mol. The van der Waals surface area contributed by atoms with Gasteiger partial charge in [-0.1, -0.05) is 38.3 Å². The van der Waals surface area contributed by atoms with Crippen molar-refractivity contribution in [3.8, 4) is 0 Å². The quantitative estimate of drug-likeness (QED) is 0.358. The SMILES string of the molecule is CCCCCCNC(=NCc1ccc(C(=O)N(CC)CC)cc1)NCC. The van der Waals surface area contributed by atoms with Gasteiger partial charge in [0, 0.05) is 31.7 Å². The second-order valence-corrected chi connectivity index (χ2v) is 6.36. The Morgan fingerprint density at radius 1 is 0.962 bits per heavy atom. The number of carbonyl (C=O) groups excluding carboxylic acids is 1. The summed E-state index contributed by atoms with van der Waals surface area (Å²) in [5.74, 6) is 0.944. The number of unbranched alkanes of at least 4 members (excludes halogenated alkanes) is 3. The maximum absolute atomic E-state index is 12.3. The summed E-state index contributed by atoms with van der Waals surface area (Å²) in [7, 11) is 0. The molecule has 1 rings (SSSR count). The van der Waals surface area contributed by atoms with E-state index >= 15 is 0 Å². The van der Waals surface area contributed by atoms with E-state index in [1.807, 2.05) is 43.0 Å². The molecule has 0 heterocycles. The van der Waals surface area contributed by atoms with Crippen LogP contribution in [0.25, 0.3) is 0 Å². The lowest BCUT2D eigenvalue weighted by molar-refractivity contribution is 0.0773. The van der Waals surface area contributed by atoms with Crippen LogP contribution in [0.2, 0.25) is 0 Å². The highest BCUT2D eigenvalue weighted by molar-refractivity contribution is 5.94. The molecule has 26 heavy (non-hydrogen) atoms. The van der Waals surface area contributed by atoms with Crippen molar-refractivity contribution in [3.63, 3.8) is 0 Å². The first kappa shape index (κ1) is 22.0. The smallest absolute Gasteiger partial charge is 0.253 e. The van der Waals surface area contributed by atoms with Gasteiger partial charge in [-0.25, -0.2) is 4.99 Å². The molecule has 1 amide bonds. The van der Waals surface area contributed by atoms with Crippen LogP contribution in [0.4, 0.5) is 0 Å². The minimum absolute atomic E-state index is 0.0899. The van der Waals surface area contributed by atoms with Gasteiger partial charge in [-0.05, 0) is 44.9 Å². The third-order valence-corrected chi connectivity index (χ3v) is 4.34. The van der Waals surface area contributed by atoms with Crippen molar-refractivity contribution in [2.75, 3.05) is 26.2 Å². The Labute approximate surface area is 159 Å². The number of nitrogens with zero attached hydrogens (tertiary/aromatic N) is 2. The van der Waals surface area contributed by atoms with Crippen LogP contribution in [0.1, 0.15) is 69.3 Å². The Kier molecular flexibility index (Phi) is 11.2. The number of nitrogens with one attached hydrogen (secondary N) is 2. The summed E-state index contributed by atoms with van der Waals surface area (Å²) in [6.07, 6.45) is 4.96. The Balaban J connectivity index is 2.59. The second-order valence-electron chi connectivity index (χ2n) is 6.36. The zero-order chi connectivity index (χ0) is 19.2. The van der Waals surface area contributed by atoms with E-state index in [1.165, 1.54) is 25.7 Å². The summed E-state index contributed by atoms with van der Waals surface area (Å²) >= 11 is 0. The Morgan fingerprint density at radius 3 is 2.23 bits per heavy atom. The Bertz CT molecular complexity index is 535. The summed E-state index contributed by atoms with van der Waals surface area (Å²) in [5.41, 5.74) is 1.84. The molecule has 0 radical (unpaired) electrons. The fourth-order valence-electron chi connectivity index (χ4n) is 2.72. The molecule has 0 aliphatic carbocycles. The number of carbonyl (C=O) groups is 1. The molecule has 0 aromatic heterocycles. The summed E-state index contributed by atoms with van der Waals surface area (Å²) in [5, 5.41) is 6.67. The van der Waals surface area contributed by atoms with E-state index in [0.29, 0.717) is 6.54 Å². The van der Waals surface area contributed by atoms with Gasteiger partial charge in [0.15, 0.2) is 5.96 Å². The van der Waals surface area contributed by atoms with E-state index in [4.69, 9.17) is 0 Å². The van der Waals surface area contributed by atoms with E-state index < -0.39 is 0 Å². The zero-order valence-corrected chi connectivity index (χ0v) is 17.0. The molecule has 0 aliphatic rings. The summed E-state index contributed by atoms with van der Waals surface area (Å²) in [6, 6.07) is 7.78. The van der Waals surface area contributed by atoms with Crippen LogP contribution >= 0.6 is 0 Å². The average Bonchev–Trinajstić information content (AvgIpc) is 2.67. The van der Waals surface area contributed by atoms with Gasteiger partial charge in [-0.15, -0.1) is 0 Å². The molecule has 146 valence electrons. The van der Waals surface area contributed by atoms with Crippen LogP contribution in [0.3, 0.4) is 0 Å². The number of guanidine groups is 1. The molecule has 0 saturated carbocycles. The molecule has 1 aromatic carbocycles. The number of hydrogen-bond donors (Lipinski definition) is 2. The molecular weight excluding hydrogens is 324 g/mol. The largest absolute Gasteiger partial charge is 0.357 e. The molecule has 0 aliphatic heterocycles. The molecule has 0 atom stereocenters. The number of rotatable bonds is 11. The van der Waals surface area contributed by atoms with Gasteiger partial charge in [0.05, 0.1) is 6.54 Å². The first-order valence-electron chi connectivity index (χ1n) is 10.1. The third kappa shape index (κ3) is 7.89. The van der Waals surface area contributed by atoms with Crippen molar-refractivity contribution < 1.29 is 4.79 Å². The molecule has 5 heteroatoms. The lowest BCUT2D eigenvalue weighted by Crippen LogP contribution is -2.37. The molecule has 2 N–H and O–H groups in total. The predicted octanol–water partition coefficient (Wildman–Crippen LogP) is 3.80. The molecule has 0 saturated heterocycles. The number of hydrogen-bond acceptors (Lipinski definition) is 2. The van der Waals surface area contributed by atoms with Crippen LogP contribution in [-0.2, 0) is 6.54 Å². The predicted molar refractivity (Wildman–Crippen MR) is 111 cm³/mol. The minimum atomic E-state index is 0.0899. The highest BCUT2D eigenvalue weighted by Crippen LogP contribution is 2.09. The van der Waals surface area contributed by atoms with Gasteiger partial charge in [0.1, 0.15) is 0 Å². The van der Waals surface area contributed by atoms with Crippen molar-refractivity contribution >= 4 is 11.9 Å².